The van der Waals surface area contributed by atoms with E-state index in [4.69, 9.17) is 5.84 Å². The lowest BCUT2D eigenvalue weighted by molar-refractivity contribution is 0.300. The fourth-order valence-electron chi connectivity index (χ4n) is 2.29. The Morgan fingerprint density at radius 1 is 1.22 bits per heavy atom. The van der Waals surface area contributed by atoms with E-state index < -0.39 is 0 Å². The molecule has 0 fully saturated rings. The molecule has 1 heterocycles. The molecular weight excluding hydrogens is 240 g/mol. The second kappa shape index (κ2) is 5.83. The molecule has 0 saturated carbocycles. The van der Waals surface area contributed by atoms with Crippen LogP contribution in [0.4, 0.5) is 0 Å². The predicted octanol–water partition coefficient (Wildman–Crippen LogP) is 3.57. The molecule has 2 atom stereocenters. The lowest BCUT2D eigenvalue weighted by atomic mass is 9.87. The summed E-state index contributed by atoms with van der Waals surface area (Å²) in [6, 6.07) is 8.92. The number of nitrogens with one attached hydrogen (secondary N) is 1. The Labute approximate surface area is 113 Å². The molecule has 1 aromatic carbocycles. The Hall–Kier alpha value is -0.900. The third-order valence-electron chi connectivity index (χ3n) is 3.90. The average molecular weight is 262 g/mol. The maximum atomic E-state index is 5.73. The number of fused-ring (bicyclic) bond motifs is 1. The Balaban J connectivity index is 2.21. The molecule has 0 aliphatic heterocycles. The molecule has 3 N–H and O–H groups in total. The van der Waals surface area contributed by atoms with Gasteiger partial charge in [0.05, 0.1) is 0 Å². The van der Waals surface area contributed by atoms with E-state index in [-0.39, 0.29) is 0 Å². The number of nitrogens with two attached hydrogens (primary N) is 1. The quantitative estimate of drug-likeness (QED) is 0.638. The van der Waals surface area contributed by atoms with Crippen LogP contribution in [0.25, 0.3) is 10.1 Å². The van der Waals surface area contributed by atoms with Crippen LogP contribution in [0.1, 0.15) is 26.3 Å². The van der Waals surface area contributed by atoms with Gasteiger partial charge in [-0.25, -0.2) is 0 Å². The van der Waals surface area contributed by atoms with E-state index in [1.807, 2.05) is 11.3 Å². The number of rotatable bonds is 5. The molecule has 0 radical (unpaired) electrons. The summed E-state index contributed by atoms with van der Waals surface area (Å²) in [4.78, 5) is 0. The lowest BCUT2D eigenvalue weighted by Gasteiger charge is -2.26. The Bertz CT molecular complexity index is 504. The number of thiophene rings is 1. The maximum absolute atomic E-state index is 5.73. The summed E-state index contributed by atoms with van der Waals surface area (Å²) in [6.45, 7) is 6.77. The summed E-state index contributed by atoms with van der Waals surface area (Å²) < 4.78 is 1.36. The van der Waals surface area contributed by atoms with E-state index in [1.165, 1.54) is 15.6 Å². The second-order valence-electron chi connectivity index (χ2n) is 5.34. The van der Waals surface area contributed by atoms with Gasteiger partial charge in [0.25, 0.3) is 0 Å². The first-order valence-electron chi connectivity index (χ1n) is 6.54. The molecule has 18 heavy (non-hydrogen) atoms. The highest BCUT2D eigenvalue weighted by atomic mass is 32.1. The van der Waals surface area contributed by atoms with Crippen LogP contribution in [0.2, 0.25) is 0 Å². The predicted molar refractivity (Wildman–Crippen MR) is 80.6 cm³/mol. The van der Waals surface area contributed by atoms with Gasteiger partial charge in [-0.05, 0) is 40.7 Å². The van der Waals surface area contributed by atoms with E-state index in [2.05, 4.69) is 55.8 Å². The van der Waals surface area contributed by atoms with Crippen molar-refractivity contribution in [3.05, 3.63) is 35.2 Å². The van der Waals surface area contributed by atoms with Crippen LogP contribution in [0.15, 0.2) is 29.6 Å². The van der Waals surface area contributed by atoms with Crippen LogP contribution in [-0.2, 0) is 6.42 Å². The number of hydrazine groups is 1. The van der Waals surface area contributed by atoms with Gasteiger partial charge in [-0.1, -0.05) is 39.0 Å². The van der Waals surface area contributed by atoms with Gasteiger partial charge < -0.3 is 0 Å². The lowest BCUT2D eigenvalue weighted by Crippen LogP contribution is -2.43. The minimum Gasteiger partial charge on any atom is -0.271 e. The minimum atomic E-state index is 0.336. The van der Waals surface area contributed by atoms with E-state index >= 15 is 0 Å². The van der Waals surface area contributed by atoms with Crippen LogP contribution in [-0.4, -0.2) is 6.04 Å². The summed E-state index contributed by atoms with van der Waals surface area (Å²) in [7, 11) is 0. The van der Waals surface area contributed by atoms with Crippen molar-refractivity contribution in [3.8, 4) is 0 Å². The van der Waals surface area contributed by atoms with E-state index in [0.29, 0.717) is 17.9 Å². The summed E-state index contributed by atoms with van der Waals surface area (Å²) >= 11 is 1.82. The van der Waals surface area contributed by atoms with Crippen molar-refractivity contribution in [2.75, 3.05) is 0 Å². The second-order valence-corrected chi connectivity index (χ2v) is 6.25. The molecule has 2 rings (SSSR count). The topological polar surface area (TPSA) is 38.0 Å². The van der Waals surface area contributed by atoms with Crippen LogP contribution >= 0.6 is 11.3 Å². The Kier molecular flexibility index (Phi) is 4.38. The minimum absolute atomic E-state index is 0.336. The van der Waals surface area contributed by atoms with Gasteiger partial charge >= 0.3 is 0 Å². The highest BCUT2D eigenvalue weighted by molar-refractivity contribution is 7.17. The Morgan fingerprint density at radius 2 is 1.94 bits per heavy atom. The molecule has 0 spiro atoms. The molecule has 3 heteroatoms. The third kappa shape index (κ3) is 2.74. The van der Waals surface area contributed by atoms with Gasteiger partial charge in [-0.15, -0.1) is 11.3 Å². The monoisotopic (exact) mass is 262 g/mol. The highest BCUT2D eigenvalue weighted by Gasteiger charge is 2.20. The number of hydrogen-bond donors (Lipinski definition) is 2. The molecule has 2 aromatic rings. The summed E-state index contributed by atoms with van der Waals surface area (Å²) in [5, 5.41) is 3.64. The van der Waals surface area contributed by atoms with Crippen molar-refractivity contribution in [2.24, 2.45) is 17.7 Å². The van der Waals surface area contributed by atoms with Gasteiger partial charge in [0.2, 0.25) is 0 Å². The molecule has 0 aliphatic rings. The fraction of sp³-hybridized carbons (Fsp3) is 0.467. The number of benzene rings is 1. The molecular formula is C15H22N2S. The van der Waals surface area contributed by atoms with Gasteiger partial charge in [0, 0.05) is 10.7 Å². The van der Waals surface area contributed by atoms with Crippen LogP contribution in [0, 0.1) is 11.8 Å². The summed E-state index contributed by atoms with van der Waals surface area (Å²) in [6.07, 6.45) is 1.000. The smallest absolute Gasteiger partial charge is 0.0345 e. The fourth-order valence-corrected chi connectivity index (χ4v) is 3.26. The summed E-state index contributed by atoms with van der Waals surface area (Å²) in [5.41, 5.74) is 4.40. The zero-order valence-corrected chi connectivity index (χ0v) is 12.1. The van der Waals surface area contributed by atoms with Gasteiger partial charge in [-0.3, -0.25) is 11.3 Å². The van der Waals surface area contributed by atoms with Crippen molar-refractivity contribution >= 4 is 21.4 Å². The van der Waals surface area contributed by atoms with Crippen LogP contribution in [0.5, 0.6) is 0 Å². The van der Waals surface area contributed by atoms with Crippen molar-refractivity contribution in [1.82, 2.24) is 5.43 Å². The molecule has 0 saturated heterocycles. The van der Waals surface area contributed by atoms with Crippen LogP contribution < -0.4 is 11.3 Å². The molecule has 0 amide bonds. The molecule has 0 aliphatic carbocycles. The van der Waals surface area contributed by atoms with E-state index in [9.17, 15) is 0 Å². The largest absolute Gasteiger partial charge is 0.271 e. The maximum Gasteiger partial charge on any atom is 0.0345 e. The van der Waals surface area contributed by atoms with Crippen molar-refractivity contribution < 1.29 is 0 Å². The molecule has 1 aromatic heterocycles. The molecule has 2 nitrogen and oxygen atoms in total. The standard InChI is InChI=1S/C15H22N2S/c1-10(2)11(3)14(17-16)8-12-9-18-15-7-5-4-6-13(12)15/h4-7,9-11,14,17H,8,16H2,1-3H3. The first-order chi connectivity index (χ1) is 8.63. The molecule has 98 valence electrons. The van der Waals surface area contributed by atoms with E-state index in [1.54, 1.807) is 0 Å². The zero-order chi connectivity index (χ0) is 13.1. The van der Waals surface area contributed by atoms with Gasteiger partial charge in [0.1, 0.15) is 0 Å². The van der Waals surface area contributed by atoms with E-state index in [0.717, 1.165) is 6.42 Å². The summed E-state index contributed by atoms with van der Waals surface area (Å²) in [5.74, 6) is 6.92. The van der Waals surface area contributed by atoms with Crippen molar-refractivity contribution in [2.45, 2.75) is 33.2 Å². The average Bonchev–Trinajstić information content (AvgIpc) is 2.78. The van der Waals surface area contributed by atoms with Crippen LogP contribution in [0.3, 0.4) is 0 Å². The first kappa shape index (κ1) is 13.5. The highest BCUT2D eigenvalue weighted by Crippen LogP contribution is 2.28. The van der Waals surface area contributed by atoms with Crippen molar-refractivity contribution in [1.29, 1.82) is 0 Å². The third-order valence-corrected chi connectivity index (χ3v) is 4.91. The number of hydrogen-bond acceptors (Lipinski definition) is 3. The normalized spacial score (nSPS) is 15.2. The SMILES string of the molecule is CC(C)C(C)C(Cc1csc2ccccc12)NN. The molecule has 0 bridgehead atoms. The Morgan fingerprint density at radius 3 is 2.61 bits per heavy atom. The van der Waals surface area contributed by atoms with Gasteiger partial charge in [-0.2, -0.15) is 0 Å². The van der Waals surface area contributed by atoms with Crippen molar-refractivity contribution in [3.63, 3.8) is 0 Å². The zero-order valence-electron chi connectivity index (χ0n) is 11.3. The molecule has 2 unspecified atom stereocenters. The first-order valence-corrected chi connectivity index (χ1v) is 7.42. The van der Waals surface area contributed by atoms with Gasteiger partial charge in [0.15, 0.2) is 0 Å².